The molecule has 0 saturated carbocycles. The first-order valence-corrected chi connectivity index (χ1v) is 11.3. The Kier molecular flexibility index (Phi) is 10.4. The van der Waals surface area contributed by atoms with E-state index in [1.54, 1.807) is 0 Å². The smallest absolute Gasteiger partial charge is 0.374 e. The molecule has 0 amide bonds. The van der Waals surface area contributed by atoms with Crippen LogP contribution in [-0.4, -0.2) is 43.1 Å². The molecule has 1 unspecified atom stereocenters. The zero-order valence-electron chi connectivity index (χ0n) is 12.1. The van der Waals surface area contributed by atoms with Crippen LogP contribution >= 0.6 is 0 Å². The Labute approximate surface area is 122 Å². The second-order valence-electron chi connectivity index (χ2n) is 4.08. The van der Waals surface area contributed by atoms with Gasteiger partial charge in [-0.1, -0.05) is 6.42 Å². The van der Waals surface area contributed by atoms with Crippen LogP contribution in [0.2, 0.25) is 6.04 Å². The molecular formula is C11H26O5S2Si. The van der Waals surface area contributed by atoms with E-state index in [1.165, 1.54) is 0 Å². The highest BCUT2D eigenvalue weighted by Gasteiger charge is 2.39. The van der Waals surface area contributed by atoms with Crippen molar-refractivity contribution in [2.75, 3.05) is 25.6 Å². The summed E-state index contributed by atoms with van der Waals surface area (Å²) in [4.78, 5) is 0. The SMILES string of the molecule is CCO[Si](CCCCCS(=O)(O)=S)(OCC)OCC. The minimum atomic E-state index is -3.02. The summed E-state index contributed by atoms with van der Waals surface area (Å²) < 4.78 is 37.1. The fourth-order valence-electron chi connectivity index (χ4n) is 1.80. The van der Waals surface area contributed by atoms with E-state index >= 15 is 0 Å². The number of hydrogen-bond acceptors (Lipinski definition) is 5. The first kappa shape index (κ1) is 19.4. The molecule has 0 aliphatic carbocycles. The van der Waals surface area contributed by atoms with Gasteiger partial charge in [0.15, 0.2) is 0 Å². The molecule has 0 rings (SSSR count). The van der Waals surface area contributed by atoms with E-state index in [4.69, 9.17) is 17.8 Å². The van der Waals surface area contributed by atoms with Crippen molar-refractivity contribution in [3.05, 3.63) is 0 Å². The Balaban J connectivity index is 4.17. The summed E-state index contributed by atoms with van der Waals surface area (Å²) in [6.45, 7) is 7.50. The number of rotatable bonds is 12. The molecule has 1 N–H and O–H groups in total. The highest BCUT2D eigenvalue weighted by molar-refractivity contribution is 8.29. The molecule has 0 bridgehead atoms. The van der Waals surface area contributed by atoms with Crippen molar-refractivity contribution in [2.24, 2.45) is 0 Å². The van der Waals surface area contributed by atoms with Crippen molar-refractivity contribution >= 4 is 28.8 Å². The predicted molar refractivity (Wildman–Crippen MR) is 82.3 cm³/mol. The van der Waals surface area contributed by atoms with Gasteiger partial charge in [-0.3, -0.25) is 0 Å². The van der Waals surface area contributed by atoms with E-state index in [2.05, 4.69) is 11.2 Å². The Morgan fingerprint density at radius 1 is 1.00 bits per heavy atom. The van der Waals surface area contributed by atoms with Gasteiger partial charge in [0, 0.05) is 42.8 Å². The molecule has 0 aliphatic heterocycles. The van der Waals surface area contributed by atoms with E-state index in [9.17, 15) is 4.21 Å². The summed E-state index contributed by atoms with van der Waals surface area (Å²) in [7, 11) is -5.57. The Morgan fingerprint density at radius 3 is 1.84 bits per heavy atom. The van der Waals surface area contributed by atoms with E-state index in [0.717, 1.165) is 18.9 Å². The van der Waals surface area contributed by atoms with Gasteiger partial charge in [0.1, 0.15) is 8.77 Å². The minimum Gasteiger partial charge on any atom is -0.374 e. The summed E-state index contributed by atoms with van der Waals surface area (Å²) in [5.41, 5.74) is 0. The Bertz CT molecular complexity index is 304. The Morgan fingerprint density at radius 2 is 1.47 bits per heavy atom. The van der Waals surface area contributed by atoms with Crippen molar-refractivity contribution in [1.29, 1.82) is 0 Å². The van der Waals surface area contributed by atoms with Crippen LogP contribution in [0.15, 0.2) is 0 Å². The van der Waals surface area contributed by atoms with Crippen LogP contribution in [0.5, 0.6) is 0 Å². The van der Waals surface area contributed by atoms with Gasteiger partial charge in [-0.2, -0.15) is 0 Å². The summed E-state index contributed by atoms with van der Waals surface area (Å²) in [6, 6.07) is 0.743. The molecule has 0 aliphatic rings. The van der Waals surface area contributed by atoms with Crippen molar-refractivity contribution < 1.29 is 22.0 Å². The lowest BCUT2D eigenvalue weighted by atomic mass is 10.3. The van der Waals surface area contributed by atoms with Crippen LogP contribution in [0.3, 0.4) is 0 Å². The van der Waals surface area contributed by atoms with Gasteiger partial charge >= 0.3 is 8.80 Å². The maximum atomic E-state index is 11.0. The fourth-order valence-corrected chi connectivity index (χ4v) is 5.41. The van der Waals surface area contributed by atoms with E-state index in [1.807, 2.05) is 20.8 Å². The van der Waals surface area contributed by atoms with Crippen molar-refractivity contribution in [3.8, 4) is 0 Å². The molecule has 0 aromatic rings. The second-order valence-corrected chi connectivity index (χ2v) is 9.95. The van der Waals surface area contributed by atoms with Crippen molar-refractivity contribution in [2.45, 2.75) is 46.1 Å². The zero-order valence-corrected chi connectivity index (χ0v) is 14.7. The Hall–Kier alpha value is 0.427. The largest absolute Gasteiger partial charge is 0.500 e. The van der Waals surface area contributed by atoms with Gasteiger partial charge in [-0.15, -0.1) is 0 Å². The molecule has 1 atom stereocenters. The van der Waals surface area contributed by atoms with E-state index in [-0.39, 0.29) is 5.75 Å². The topological polar surface area (TPSA) is 65.0 Å². The molecule has 8 heteroatoms. The summed E-state index contributed by atoms with van der Waals surface area (Å²) in [5, 5.41) is 0. The minimum absolute atomic E-state index is 0.175. The molecule has 0 aromatic carbocycles. The van der Waals surface area contributed by atoms with Crippen LogP contribution < -0.4 is 0 Å². The summed E-state index contributed by atoms with van der Waals surface area (Å²) >= 11 is 4.45. The lowest BCUT2D eigenvalue weighted by Crippen LogP contribution is -2.45. The molecule has 0 radical (unpaired) electrons. The highest BCUT2D eigenvalue weighted by Crippen LogP contribution is 2.20. The fraction of sp³-hybridized carbons (Fsp3) is 1.00. The van der Waals surface area contributed by atoms with Crippen molar-refractivity contribution in [1.82, 2.24) is 0 Å². The molecule has 116 valence electrons. The number of unbranched alkanes of at least 4 members (excludes halogenated alkanes) is 2. The average Bonchev–Trinajstić information content (AvgIpc) is 2.28. The summed E-state index contributed by atoms with van der Waals surface area (Å²) in [5.74, 6) is 0.175. The molecule has 5 nitrogen and oxygen atoms in total. The predicted octanol–water partition coefficient (Wildman–Crippen LogP) is 2.42. The molecule has 0 saturated heterocycles. The third kappa shape index (κ3) is 9.89. The van der Waals surface area contributed by atoms with Gasteiger partial charge < -0.3 is 17.8 Å². The average molecular weight is 331 g/mol. The van der Waals surface area contributed by atoms with Gasteiger partial charge in [-0.25, -0.2) is 4.21 Å². The van der Waals surface area contributed by atoms with Crippen LogP contribution in [0.25, 0.3) is 0 Å². The lowest BCUT2D eigenvalue weighted by molar-refractivity contribution is 0.0707. The van der Waals surface area contributed by atoms with Gasteiger partial charge in [0.2, 0.25) is 0 Å². The third-order valence-corrected chi connectivity index (χ3v) is 6.93. The normalized spacial score (nSPS) is 15.4. The van der Waals surface area contributed by atoms with Crippen molar-refractivity contribution in [3.63, 3.8) is 0 Å². The van der Waals surface area contributed by atoms with Crippen LogP contribution in [-0.2, 0) is 33.2 Å². The molecule has 19 heavy (non-hydrogen) atoms. The molecular weight excluding hydrogens is 304 g/mol. The van der Waals surface area contributed by atoms with Crippen LogP contribution in [0.1, 0.15) is 40.0 Å². The standard InChI is InChI=1S/C11H26O5S2Si/c1-4-14-19(15-5-2,16-6-3)11-9-7-8-10-18(12,13)17/h4-11H2,1-3H3,(H,12,13,17). The quantitative estimate of drug-likeness (QED) is 0.438. The van der Waals surface area contributed by atoms with E-state index in [0.29, 0.717) is 26.2 Å². The zero-order chi connectivity index (χ0) is 14.8. The highest BCUT2D eigenvalue weighted by atomic mass is 32.8. The maximum Gasteiger partial charge on any atom is 0.500 e. The lowest BCUT2D eigenvalue weighted by Gasteiger charge is -2.28. The van der Waals surface area contributed by atoms with Gasteiger partial charge in [-0.05, 0) is 33.6 Å². The number of hydrogen-bond donors (Lipinski definition) is 1. The van der Waals surface area contributed by atoms with Crippen LogP contribution in [0.4, 0.5) is 0 Å². The third-order valence-electron chi connectivity index (χ3n) is 2.48. The first-order chi connectivity index (χ1) is 8.89. The molecule has 0 spiro atoms. The second kappa shape index (κ2) is 10.2. The van der Waals surface area contributed by atoms with Crippen LogP contribution in [0, 0.1) is 0 Å². The maximum absolute atomic E-state index is 11.0. The molecule has 0 fully saturated rings. The molecule has 0 aromatic heterocycles. The monoisotopic (exact) mass is 330 g/mol. The van der Waals surface area contributed by atoms with Gasteiger partial charge in [0.05, 0.1) is 0 Å². The van der Waals surface area contributed by atoms with Gasteiger partial charge in [0.25, 0.3) is 0 Å². The summed E-state index contributed by atoms with van der Waals surface area (Å²) in [6.07, 6.45) is 2.33. The first-order valence-electron chi connectivity index (χ1n) is 6.76. The van der Waals surface area contributed by atoms with E-state index < -0.39 is 17.6 Å². The molecule has 0 heterocycles.